The van der Waals surface area contributed by atoms with Crippen LogP contribution in [0.2, 0.25) is 0 Å². The SMILES string of the molecule is Cc1cc(C)c(CNC(=O)c2c(C)ccn(CCC(C)C)c2=O)c(=O)[nH]1. The van der Waals surface area contributed by atoms with Gasteiger partial charge in [-0.2, -0.15) is 0 Å². The van der Waals surface area contributed by atoms with E-state index >= 15 is 0 Å². The Kier molecular flexibility index (Phi) is 6.18. The number of rotatable bonds is 6. The van der Waals surface area contributed by atoms with Crippen molar-refractivity contribution in [3.8, 4) is 0 Å². The minimum Gasteiger partial charge on any atom is -0.348 e. The lowest BCUT2D eigenvalue weighted by molar-refractivity contribution is 0.0948. The molecule has 0 fully saturated rings. The van der Waals surface area contributed by atoms with Crippen molar-refractivity contribution in [1.29, 1.82) is 0 Å². The molecule has 0 aromatic carbocycles. The molecule has 0 aliphatic carbocycles. The highest BCUT2D eigenvalue weighted by Crippen LogP contribution is 2.07. The zero-order valence-electron chi connectivity index (χ0n) is 16.1. The van der Waals surface area contributed by atoms with Crippen molar-refractivity contribution in [3.05, 3.63) is 67.0 Å². The molecule has 0 aliphatic rings. The van der Waals surface area contributed by atoms with E-state index in [9.17, 15) is 14.4 Å². The van der Waals surface area contributed by atoms with Crippen molar-refractivity contribution >= 4 is 5.91 Å². The molecule has 2 aromatic rings. The molecule has 2 aromatic heterocycles. The molecule has 0 saturated heterocycles. The van der Waals surface area contributed by atoms with Crippen LogP contribution in [-0.2, 0) is 13.1 Å². The summed E-state index contributed by atoms with van der Waals surface area (Å²) in [6.07, 6.45) is 2.59. The van der Waals surface area contributed by atoms with Gasteiger partial charge in [0.05, 0.1) is 0 Å². The third-order valence-corrected chi connectivity index (χ3v) is 4.47. The van der Waals surface area contributed by atoms with E-state index in [1.807, 2.05) is 19.9 Å². The second kappa shape index (κ2) is 8.17. The number of hydrogen-bond donors (Lipinski definition) is 2. The van der Waals surface area contributed by atoms with Crippen molar-refractivity contribution in [3.63, 3.8) is 0 Å². The van der Waals surface area contributed by atoms with Crippen LogP contribution in [0, 0.1) is 26.7 Å². The van der Waals surface area contributed by atoms with E-state index < -0.39 is 5.91 Å². The summed E-state index contributed by atoms with van der Waals surface area (Å²) in [6.45, 7) is 10.2. The Bertz CT molecular complexity index is 923. The van der Waals surface area contributed by atoms with E-state index in [4.69, 9.17) is 0 Å². The maximum absolute atomic E-state index is 12.7. The molecule has 1 amide bonds. The first-order valence-corrected chi connectivity index (χ1v) is 8.88. The molecule has 0 saturated carbocycles. The maximum Gasteiger partial charge on any atom is 0.263 e. The van der Waals surface area contributed by atoms with E-state index in [1.165, 1.54) is 0 Å². The lowest BCUT2D eigenvalue weighted by Crippen LogP contribution is -2.35. The van der Waals surface area contributed by atoms with Crippen LogP contribution >= 0.6 is 0 Å². The molecule has 6 nitrogen and oxygen atoms in total. The zero-order chi connectivity index (χ0) is 19.4. The molecule has 0 aliphatic heterocycles. The number of nitrogens with one attached hydrogen (secondary N) is 2. The molecule has 6 heteroatoms. The highest BCUT2D eigenvalue weighted by Gasteiger charge is 2.16. The number of hydrogen-bond acceptors (Lipinski definition) is 3. The Morgan fingerprint density at radius 3 is 2.50 bits per heavy atom. The molecule has 0 spiro atoms. The zero-order valence-corrected chi connectivity index (χ0v) is 16.1. The summed E-state index contributed by atoms with van der Waals surface area (Å²) in [4.78, 5) is 40.1. The quantitative estimate of drug-likeness (QED) is 0.833. The fourth-order valence-electron chi connectivity index (χ4n) is 2.87. The summed E-state index contributed by atoms with van der Waals surface area (Å²) in [5.41, 5.74) is 2.33. The topological polar surface area (TPSA) is 84.0 Å². The molecule has 2 heterocycles. The third kappa shape index (κ3) is 4.50. The first-order chi connectivity index (χ1) is 12.2. The van der Waals surface area contributed by atoms with Crippen molar-refractivity contribution in [2.45, 2.75) is 54.1 Å². The molecule has 26 heavy (non-hydrogen) atoms. The highest BCUT2D eigenvalue weighted by molar-refractivity contribution is 5.95. The number of nitrogens with zero attached hydrogens (tertiary/aromatic N) is 1. The summed E-state index contributed by atoms with van der Waals surface area (Å²) in [6, 6.07) is 3.64. The van der Waals surface area contributed by atoms with Gasteiger partial charge in [-0.05, 0) is 56.4 Å². The Balaban J connectivity index is 2.23. The van der Waals surface area contributed by atoms with Gasteiger partial charge >= 0.3 is 0 Å². The third-order valence-electron chi connectivity index (χ3n) is 4.47. The first-order valence-electron chi connectivity index (χ1n) is 8.88. The van der Waals surface area contributed by atoms with E-state index in [0.717, 1.165) is 17.7 Å². The number of pyridine rings is 2. The van der Waals surface area contributed by atoms with Crippen LogP contribution in [-0.4, -0.2) is 15.5 Å². The van der Waals surface area contributed by atoms with Crippen LogP contribution in [0.15, 0.2) is 27.9 Å². The number of amides is 1. The van der Waals surface area contributed by atoms with Gasteiger partial charge in [0.25, 0.3) is 17.0 Å². The van der Waals surface area contributed by atoms with Gasteiger partial charge in [0.2, 0.25) is 0 Å². The second-order valence-corrected chi connectivity index (χ2v) is 7.18. The lowest BCUT2D eigenvalue weighted by Gasteiger charge is -2.13. The fourth-order valence-corrected chi connectivity index (χ4v) is 2.87. The molecule has 2 rings (SSSR count). The van der Waals surface area contributed by atoms with Crippen LogP contribution in [0.1, 0.15) is 53.0 Å². The van der Waals surface area contributed by atoms with E-state index in [-0.39, 0.29) is 23.2 Å². The van der Waals surface area contributed by atoms with Crippen molar-refractivity contribution in [2.75, 3.05) is 0 Å². The van der Waals surface area contributed by atoms with Crippen molar-refractivity contribution in [1.82, 2.24) is 14.9 Å². The highest BCUT2D eigenvalue weighted by atomic mass is 16.2. The monoisotopic (exact) mass is 357 g/mol. The number of aryl methyl sites for hydroxylation is 4. The molecule has 2 N–H and O–H groups in total. The van der Waals surface area contributed by atoms with Gasteiger partial charge < -0.3 is 14.9 Å². The van der Waals surface area contributed by atoms with Gasteiger partial charge in [0, 0.05) is 30.5 Å². The van der Waals surface area contributed by atoms with Crippen LogP contribution in [0.25, 0.3) is 0 Å². The standard InChI is InChI=1S/C20H27N3O3/c1-12(2)6-8-23-9-7-13(3)17(20(23)26)19(25)21-11-16-14(4)10-15(5)22-18(16)24/h7,9-10,12H,6,8,11H2,1-5H3,(H,21,25)(H,22,24). The maximum atomic E-state index is 12.7. The first kappa shape index (κ1) is 19.7. The molecular weight excluding hydrogens is 330 g/mol. The Hall–Kier alpha value is -2.63. The molecule has 0 atom stereocenters. The normalized spacial score (nSPS) is 11.0. The van der Waals surface area contributed by atoms with Crippen LogP contribution in [0.5, 0.6) is 0 Å². The predicted molar refractivity (Wildman–Crippen MR) is 103 cm³/mol. The number of carbonyl (C=O) groups excluding carboxylic acids is 1. The summed E-state index contributed by atoms with van der Waals surface area (Å²) in [5.74, 6) is 0.0162. The van der Waals surface area contributed by atoms with E-state index in [0.29, 0.717) is 23.6 Å². The number of aromatic nitrogens is 2. The van der Waals surface area contributed by atoms with Gasteiger partial charge in [0.1, 0.15) is 5.56 Å². The largest absolute Gasteiger partial charge is 0.348 e. The lowest BCUT2D eigenvalue weighted by atomic mass is 10.1. The van der Waals surface area contributed by atoms with E-state index in [1.54, 1.807) is 23.8 Å². The minimum absolute atomic E-state index is 0.0834. The van der Waals surface area contributed by atoms with Gasteiger partial charge in [-0.25, -0.2) is 0 Å². The minimum atomic E-state index is -0.453. The number of H-pyrrole nitrogens is 1. The fraction of sp³-hybridized carbons (Fsp3) is 0.450. The van der Waals surface area contributed by atoms with Crippen molar-refractivity contribution < 1.29 is 4.79 Å². The van der Waals surface area contributed by atoms with E-state index in [2.05, 4.69) is 24.1 Å². The van der Waals surface area contributed by atoms with Gasteiger partial charge in [-0.3, -0.25) is 14.4 Å². The molecule has 0 bridgehead atoms. The van der Waals surface area contributed by atoms with Gasteiger partial charge in [0.15, 0.2) is 0 Å². The van der Waals surface area contributed by atoms with Crippen LogP contribution < -0.4 is 16.4 Å². The van der Waals surface area contributed by atoms with Gasteiger partial charge in [-0.1, -0.05) is 13.8 Å². The Morgan fingerprint density at radius 1 is 1.19 bits per heavy atom. The smallest absolute Gasteiger partial charge is 0.263 e. The Morgan fingerprint density at radius 2 is 1.88 bits per heavy atom. The molecule has 0 unspecified atom stereocenters. The van der Waals surface area contributed by atoms with Crippen LogP contribution in [0.3, 0.4) is 0 Å². The number of aromatic amines is 1. The average molecular weight is 357 g/mol. The van der Waals surface area contributed by atoms with Crippen LogP contribution in [0.4, 0.5) is 0 Å². The Labute approximate surface area is 153 Å². The summed E-state index contributed by atoms with van der Waals surface area (Å²) < 4.78 is 1.58. The second-order valence-electron chi connectivity index (χ2n) is 7.18. The van der Waals surface area contributed by atoms with Crippen molar-refractivity contribution in [2.24, 2.45) is 5.92 Å². The molecule has 140 valence electrons. The molecular formula is C20H27N3O3. The molecule has 0 radical (unpaired) electrons. The summed E-state index contributed by atoms with van der Waals surface area (Å²) in [5, 5.41) is 2.72. The summed E-state index contributed by atoms with van der Waals surface area (Å²) >= 11 is 0. The number of carbonyl (C=O) groups is 1. The summed E-state index contributed by atoms with van der Waals surface area (Å²) in [7, 11) is 0. The predicted octanol–water partition coefficient (Wildman–Crippen LogP) is 2.44. The average Bonchev–Trinajstić information content (AvgIpc) is 2.53. The van der Waals surface area contributed by atoms with Gasteiger partial charge in [-0.15, -0.1) is 0 Å².